The van der Waals surface area contributed by atoms with Crippen molar-refractivity contribution in [2.24, 2.45) is 11.8 Å². The largest absolute Gasteiger partial charge is 0.494 e. The van der Waals surface area contributed by atoms with Crippen LogP contribution in [0.1, 0.15) is 54.9 Å². The molecule has 0 amide bonds. The van der Waals surface area contributed by atoms with E-state index in [0.717, 1.165) is 11.9 Å². The zero-order chi connectivity index (χ0) is 14.1. The van der Waals surface area contributed by atoms with Gasteiger partial charge in [-0.15, -0.1) is 0 Å². The highest BCUT2D eigenvalue weighted by Crippen LogP contribution is 2.40. The maximum absolute atomic E-state index is 6.06. The molecule has 0 bridgehead atoms. The van der Waals surface area contributed by atoms with Crippen molar-refractivity contribution in [1.29, 1.82) is 0 Å². The van der Waals surface area contributed by atoms with Gasteiger partial charge in [0.25, 0.3) is 0 Å². The van der Waals surface area contributed by atoms with E-state index in [-0.39, 0.29) is 18.3 Å². The molecule has 0 saturated carbocycles. The van der Waals surface area contributed by atoms with E-state index in [1.54, 1.807) is 0 Å². The first-order chi connectivity index (χ1) is 8.16. The predicted molar refractivity (Wildman–Crippen MR) is 73.5 cm³/mol. The molecule has 4 nitrogen and oxygen atoms in total. The van der Waals surface area contributed by atoms with Crippen LogP contribution in [0.15, 0.2) is 11.2 Å². The Kier molecular flexibility index (Phi) is 4.52. The lowest BCUT2D eigenvalue weighted by Crippen LogP contribution is -2.41. The fourth-order valence-corrected chi connectivity index (χ4v) is 2.00. The van der Waals surface area contributed by atoms with Crippen LogP contribution in [0.5, 0.6) is 0 Å². The van der Waals surface area contributed by atoms with Gasteiger partial charge < -0.3 is 14.1 Å². The Morgan fingerprint density at radius 2 is 1.67 bits per heavy atom. The summed E-state index contributed by atoms with van der Waals surface area (Å²) in [5.74, 6) is 6.29. The van der Waals surface area contributed by atoms with Crippen LogP contribution in [-0.4, -0.2) is 18.3 Å². The van der Waals surface area contributed by atoms with Crippen LogP contribution >= 0.6 is 0 Å². The van der Waals surface area contributed by atoms with Gasteiger partial charge >= 0.3 is 7.12 Å². The van der Waals surface area contributed by atoms with Gasteiger partial charge in [0.05, 0.1) is 11.2 Å². The zero-order valence-corrected chi connectivity index (χ0v) is 12.7. The number of rotatable bonds is 4. The van der Waals surface area contributed by atoms with E-state index in [9.17, 15) is 0 Å². The molecule has 1 aliphatic heterocycles. The van der Waals surface area contributed by atoms with Gasteiger partial charge in [-0.25, -0.2) is 0 Å². The van der Waals surface area contributed by atoms with Crippen molar-refractivity contribution in [3.63, 3.8) is 0 Å². The van der Waals surface area contributed by atoms with Gasteiger partial charge in [0.2, 0.25) is 0 Å². The third-order valence-corrected chi connectivity index (χ3v) is 4.23. The minimum absolute atomic E-state index is 0.309. The summed E-state index contributed by atoms with van der Waals surface area (Å²) in [5.41, 5.74) is 0.315. The predicted octanol–water partition coefficient (Wildman–Crippen LogP) is 2.83. The minimum atomic E-state index is -0.381. The molecule has 2 N–H and O–H groups in total. The quantitative estimate of drug-likeness (QED) is 0.476. The summed E-state index contributed by atoms with van der Waals surface area (Å²) >= 11 is 0. The molecule has 0 aromatic heterocycles. The van der Waals surface area contributed by atoms with E-state index < -0.39 is 0 Å². The highest BCUT2D eigenvalue weighted by Gasteiger charge is 2.53. The van der Waals surface area contributed by atoms with E-state index >= 15 is 0 Å². The van der Waals surface area contributed by atoms with Crippen LogP contribution in [0, 0.1) is 5.92 Å². The van der Waals surface area contributed by atoms with E-state index in [2.05, 4.69) is 13.8 Å². The third kappa shape index (κ3) is 2.73. The van der Waals surface area contributed by atoms with Crippen molar-refractivity contribution in [2.75, 3.05) is 0 Å². The maximum Gasteiger partial charge on any atom is 0.494 e. The highest BCUT2D eigenvalue weighted by atomic mass is 16.7. The molecule has 1 atom stereocenters. The van der Waals surface area contributed by atoms with E-state index in [4.69, 9.17) is 20.0 Å². The molecule has 18 heavy (non-hydrogen) atoms. The first kappa shape index (κ1) is 15.5. The molecule has 0 spiro atoms. The van der Waals surface area contributed by atoms with Gasteiger partial charge in [0.15, 0.2) is 0 Å². The molecule has 1 aliphatic rings. The van der Waals surface area contributed by atoms with Crippen molar-refractivity contribution in [1.82, 2.24) is 0 Å². The Morgan fingerprint density at radius 1 is 1.22 bits per heavy atom. The monoisotopic (exact) mass is 255 g/mol. The molecule has 1 heterocycles. The van der Waals surface area contributed by atoms with Gasteiger partial charge in [0, 0.05) is 5.47 Å². The smallest absolute Gasteiger partial charge is 0.417 e. The molecule has 104 valence electrons. The second kappa shape index (κ2) is 5.23. The van der Waals surface area contributed by atoms with Crippen LogP contribution in [-0.2, 0) is 14.1 Å². The standard InChI is InChI=1S/C13H26BNO3/c1-8-9(2)11(10(3)16-15)14-17-12(4,5)13(6,7)18-14/h9H,8,15H2,1-7H3/b11-10+. The van der Waals surface area contributed by atoms with Crippen molar-refractivity contribution >= 4 is 7.12 Å². The Hall–Kier alpha value is -0.515. The second-order valence-corrected chi connectivity index (χ2v) is 6.03. The van der Waals surface area contributed by atoms with Crippen LogP contribution in [0.2, 0.25) is 0 Å². The maximum atomic E-state index is 6.06. The molecule has 5 heteroatoms. The summed E-state index contributed by atoms with van der Waals surface area (Å²) < 4.78 is 12.1. The minimum Gasteiger partial charge on any atom is -0.417 e. The van der Waals surface area contributed by atoms with Gasteiger partial charge in [-0.05, 0) is 40.5 Å². The molecule has 0 aromatic carbocycles. The first-order valence-electron chi connectivity index (χ1n) is 6.59. The molecule has 1 fully saturated rings. The molecule has 1 rings (SSSR count). The molecule has 0 radical (unpaired) electrons. The summed E-state index contributed by atoms with van der Waals surface area (Å²) in [5, 5.41) is 0. The average molecular weight is 255 g/mol. The van der Waals surface area contributed by atoms with Crippen LogP contribution in [0.25, 0.3) is 0 Å². The Bertz CT molecular complexity index is 323. The van der Waals surface area contributed by atoms with Gasteiger partial charge in [-0.2, -0.15) is 5.90 Å². The molecular weight excluding hydrogens is 229 g/mol. The fraction of sp³-hybridized carbons (Fsp3) is 0.846. The molecule has 1 saturated heterocycles. The molecular formula is C13H26BNO3. The number of hydrogen-bond donors (Lipinski definition) is 1. The van der Waals surface area contributed by atoms with Crippen molar-refractivity contribution < 1.29 is 14.1 Å². The lowest BCUT2D eigenvalue weighted by molar-refractivity contribution is 0.00578. The van der Waals surface area contributed by atoms with Crippen molar-refractivity contribution in [3.05, 3.63) is 11.2 Å². The van der Waals surface area contributed by atoms with E-state index in [1.165, 1.54) is 0 Å². The van der Waals surface area contributed by atoms with Crippen LogP contribution in [0.4, 0.5) is 0 Å². The average Bonchev–Trinajstić information content (AvgIpc) is 2.47. The lowest BCUT2D eigenvalue weighted by atomic mass is 9.70. The van der Waals surface area contributed by atoms with Gasteiger partial charge in [0.1, 0.15) is 5.76 Å². The van der Waals surface area contributed by atoms with Crippen LogP contribution < -0.4 is 5.90 Å². The SMILES string of the molecule is CCC(C)/C(B1OC(C)(C)C(C)(C)O1)=C(/C)ON. The highest BCUT2D eigenvalue weighted by molar-refractivity contribution is 6.54. The summed E-state index contributed by atoms with van der Waals surface area (Å²) in [6.45, 7) is 14.3. The third-order valence-electron chi connectivity index (χ3n) is 4.23. The Balaban J connectivity index is 3.06. The van der Waals surface area contributed by atoms with Crippen molar-refractivity contribution in [3.8, 4) is 0 Å². The summed E-state index contributed by atoms with van der Waals surface area (Å²) in [6, 6.07) is 0. The number of nitrogens with two attached hydrogens (primary N) is 1. The fourth-order valence-electron chi connectivity index (χ4n) is 2.00. The molecule has 0 aliphatic carbocycles. The Morgan fingerprint density at radius 3 is 2.00 bits per heavy atom. The van der Waals surface area contributed by atoms with Crippen molar-refractivity contribution in [2.45, 2.75) is 66.1 Å². The number of hydrogen-bond acceptors (Lipinski definition) is 4. The summed E-state index contributed by atoms with van der Waals surface area (Å²) in [6.07, 6.45) is 0.986. The van der Waals surface area contributed by atoms with Crippen LogP contribution in [0.3, 0.4) is 0 Å². The van der Waals surface area contributed by atoms with Gasteiger partial charge in [-0.3, -0.25) is 0 Å². The number of allylic oxidation sites excluding steroid dienone is 2. The van der Waals surface area contributed by atoms with Gasteiger partial charge in [-0.1, -0.05) is 20.3 Å². The second-order valence-electron chi connectivity index (χ2n) is 6.03. The molecule has 1 unspecified atom stereocenters. The van der Waals surface area contributed by atoms with E-state index in [0.29, 0.717) is 11.7 Å². The van der Waals surface area contributed by atoms with E-state index in [1.807, 2.05) is 34.6 Å². The Labute approximate surface area is 111 Å². The topological polar surface area (TPSA) is 53.7 Å². The first-order valence-corrected chi connectivity index (χ1v) is 6.59. The molecule has 0 aromatic rings. The summed E-state index contributed by atoms with van der Waals surface area (Å²) in [7, 11) is -0.381. The summed E-state index contributed by atoms with van der Waals surface area (Å²) in [4.78, 5) is 4.90. The lowest BCUT2D eigenvalue weighted by Gasteiger charge is -2.32. The normalized spacial score (nSPS) is 24.8. The zero-order valence-electron chi connectivity index (χ0n) is 12.7.